The van der Waals surface area contributed by atoms with Gasteiger partial charge in [0.2, 0.25) is 5.91 Å². The molecule has 0 aliphatic heterocycles. The van der Waals surface area contributed by atoms with Gasteiger partial charge in [0.25, 0.3) is 0 Å². The van der Waals surface area contributed by atoms with Crippen LogP contribution in [0.25, 0.3) is 6.08 Å². The maximum Gasteiger partial charge on any atom is 0.325 e. The first-order valence-corrected chi connectivity index (χ1v) is 5.83. The zero-order chi connectivity index (χ0) is 13.7. The number of rotatable bonds is 4. The van der Waals surface area contributed by atoms with Crippen molar-refractivity contribution >= 4 is 41.2 Å². The highest BCUT2D eigenvalue weighted by Gasteiger charge is 2.11. The van der Waals surface area contributed by atoms with E-state index in [1.807, 2.05) is 0 Å². The second-order valence-corrected chi connectivity index (χ2v) is 4.33. The first-order valence-electron chi connectivity index (χ1n) is 5.07. The van der Waals surface area contributed by atoms with Crippen molar-refractivity contribution in [2.24, 2.45) is 0 Å². The van der Waals surface area contributed by atoms with Gasteiger partial charge in [-0.05, 0) is 24.6 Å². The van der Waals surface area contributed by atoms with Gasteiger partial charge in [-0.1, -0.05) is 35.3 Å². The minimum Gasteiger partial charge on any atom is -0.480 e. The Hall–Kier alpha value is -1.52. The fourth-order valence-corrected chi connectivity index (χ4v) is 1.51. The molecule has 4 nitrogen and oxygen atoms in total. The topological polar surface area (TPSA) is 66.4 Å². The van der Waals surface area contributed by atoms with Crippen molar-refractivity contribution in [3.8, 4) is 0 Å². The summed E-state index contributed by atoms with van der Waals surface area (Å²) in [5.41, 5.74) is 0.585. The third-order valence-corrected chi connectivity index (χ3v) is 2.96. The number of carbonyl (C=O) groups is 2. The minimum atomic E-state index is -1.10. The third-order valence-electron chi connectivity index (χ3n) is 2.12. The average Bonchev–Trinajstić information content (AvgIpc) is 2.31. The Balaban J connectivity index is 2.72. The molecule has 2 N–H and O–H groups in total. The van der Waals surface area contributed by atoms with Crippen LogP contribution in [0.2, 0.25) is 10.0 Å². The van der Waals surface area contributed by atoms with Gasteiger partial charge in [0, 0.05) is 6.08 Å². The monoisotopic (exact) mass is 287 g/mol. The summed E-state index contributed by atoms with van der Waals surface area (Å²) in [4.78, 5) is 21.9. The largest absolute Gasteiger partial charge is 0.480 e. The second-order valence-electron chi connectivity index (χ2n) is 3.54. The molecule has 1 atom stereocenters. The number of carboxylic acids is 1. The number of amides is 1. The van der Waals surface area contributed by atoms with E-state index in [0.717, 1.165) is 0 Å². The molecule has 18 heavy (non-hydrogen) atoms. The lowest BCUT2D eigenvalue weighted by Crippen LogP contribution is -2.37. The van der Waals surface area contributed by atoms with Gasteiger partial charge in [-0.25, -0.2) is 0 Å². The molecule has 0 saturated heterocycles. The number of carbonyl (C=O) groups excluding carboxylic acids is 1. The fraction of sp³-hybridized carbons (Fsp3) is 0.167. The number of hydrogen-bond donors (Lipinski definition) is 2. The Morgan fingerprint density at radius 1 is 1.39 bits per heavy atom. The maximum absolute atomic E-state index is 11.4. The average molecular weight is 288 g/mol. The predicted molar refractivity (Wildman–Crippen MR) is 70.7 cm³/mol. The quantitative estimate of drug-likeness (QED) is 0.837. The molecule has 1 aromatic carbocycles. The van der Waals surface area contributed by atoms with Crippen molar-refractivity contribution in [3.05, 3.63) is 39.9 Å². The first-order chi connectivity index (χ1) is 8.41. The van der Waals surface area contributed by atoms with Gasteiger partial charge in [-0.3, -0.25) is 9.59 Å². The molecular formula is C12H11Cl2NO3. The zero-order valence-corrected chi connectivity index (χ0v) is 11.0. The van der Waals surface area contributed by atoms with Gasteiger partial charge in [0.05, 0.1) is 10.0 Å². The highest BCUT2D eigenvalue weighted by atomic mass is 35.5. The van der Waals surface area contributed by atoms with E-state index in [0.29, 0.717) is 15.6 Å². The summed E-state index contributed by atoms with van der Waals surface area (Å²) in [6.07, 6.45) is 2.68. The first kappa shape index (κ1) is 14.5. The van der Waals surface area contributed by atoms with Gasteiger partial charge >= 0.3 is 5.97 Å². The van der Waals surface area contributed by atoms with Gasteiger partial charge in [-0.2, -0.15) is 0 Å². The highest BCUT2D eigenvalue weighted by molar-refractivity contribution is 6.42. The molecule has 0 aliphatic carbocycles. The van der Waals surface area contributed by atoms with Crippen molar-refractivity contribution in [1.29, 1.82) is 0 Å². The van der Waals surface area contributed by atoms with Gasteiger partial charge in [0.15, 0.2) is 0 Å². The Labute approximate surface area is 114 Å². The van der Waals surface area contributed by atoms with E-state index in [-0.39, 0.29) is 0 Å². The predicted octanol–water partition coefficient (Wildman–Crippen LogP) is 2.60. The second kappa shape index (κ2) is 6.42. The third kappa shape index (κ3) is 4.05. The molecule has 0 saturated carbocycles. The van der Waals surface area contributed by atoms with E-state index < -0.39 is 17.9 Å². The van der Waals surface area contributed by atoms with Crippen LogP contribution < -0.4 is 5.32 Å². The standard InChI is InChI=1S/C12H11Cl2NO3/c1-7(12(17)18)15-10(16)6-5-8-3-2-4-9(13)11(8)14/h2-7H,1H3,(H,15,16)(H,17,18)/t7-/m1/s1. The van der Waals surface area contributed by atoms with Gasteiger partial charge in [-0.15, -0.1) is 0 Å². The molecule has 0 heterocycles. The molecule has 0 bridgehead atoms. The lowest BCUT2D eigenvalue weighted by atomic mass is 10.2. The minimum absolute atomic E-state index is 0.342. The SMILES string of the molecule is C[C@@H](NC(=O)C=Cc1cccc(Cl)c1Cl)C(=O)O. The molecule has 0 radical (unpaired) electrons. The molecule has 0 unspecified atom stereocenters. The fourth-order valence-electron chi connectivity index (χ4n) is 1.14. The summed E-state index contributed by atoms with van der Waals surface area (Å²) in [5.74, 6) is -1.61. The van der Waals surface area contributed by atoms with E-state index in [4.69, 9.17) is 28.3 Å². The smallest absolute Gasteiger partial charge is 0.325 e. The number of aliphatic carboxylic acids is 1. The molecular weight excluding hydrogens is 277 g/mol. The highest BCUT2D eigenvalue weighted by Crippen LogP contribution is 2.26. The van der Waals surface area contributed by atoms with Crippen LogP contribution >= 0.6 is 23.2 Å². The van der Waals surface area contributed by atoms with Crippen molar-refractivity contribution in [2.45, 2.75) is 13.0 Å². The Morgan fingerprint density at radius 2 is 2.06 bits per heavy atom. The van der Waals surface area contributed by atoms with E-state index in [1.54, 1.807) is 18.2 Å². The molecule has 0 aliphatic rings. The normalized spacial score (nSPS) is 12.4. The van der Waals surface area contributed by atoms with Crippen molar-refractivity contribution in [3.63, 3.8) is 0 Å². The number of benzene rings is 1. The molecule has 1 aromatic rings. The molecule has 0 fully saturated rings. The lowest BCUT2D eigenvalue weighted by molar-refractivity contribution is -0.140. The summed E-state index contributed by atoms with van der Waals surface area (Å²) in [5, 5.41) is 11.6. The van der Waals surface area contributed by atoms with Crippen LogP contribution in [0, 0.1) is 0 Å². The molecule has 1 rings (SSSR count). The zero-order valence-electron chi connectivity index (χ0n) is 9.48. The molecule has 6 heteroatoms. The van der Waals surface area contributed by atoms with Gasteiger partial charge < -0.3 is 10.4 Å². The van der Waals surface area contributed by atoms with Crippen LogP contribution in [0.1, 0.15) is 12.5 Å². The van der Waals surface area contributed by atoms with Crippen LogP contribution in [0.3, 0.4) is 0 Å². The number of nitrogens with one attached hydrogen (secondary N) is 1. The van der Waals surface area contributed by atoms with E-state index in [1.165, 1.54) is 19.1 Å². The summed E-state index contributed by atoms with van der Waals surface area (Å²) < 4.78 is 0. The van der Waals surface area contributed by atoms with Crippen LogP contribution in [-0.4, -0.2) is 23.0 Å². The van der Waals surface area contributed by atoms with Crippen molar-refractivity contribution in [1.82, 2.24) is 5.32 Å². The van der Waals surface area contributed by atoms with Crippen LogP contribution in [-0.2, 0) is 9.59 Å². The van der Waals surface area contributed by atoms with Crippen molar-refractivity contribution in [2.75, 3.05) is 0 Å². The van der Waals surface area contributed by atoms with Gasteiger partial charge in [0.1, 0.15) is 6.04 Å². The number of hydrogen-bond acceptors (Lipinski definition) is 2. The van der Waals surface area contributed by atoms with Crippen LogP contribution in [0.15, 0.2) is 24.3 Å². The Morgan fingerprint density at radius 3 is 2.67 bits per heavy atom. The lowest BCUT2D eigenvalue weighted by Gasteiger charge is -2.06. The molecule has 0 spiro atoms. The van der Waals surface area contributed by atoms with E-state index >= 15 is 0 Å². The summed E-state index contributed by atoms with van der Waals surface area (Å²) in [6, 6.07) is 4.08. The molecule has 96 valence electrons. The number of carboxylic acid groups (broad SMARTS) is 1. The summed E-state index contributed by atoms with van der Waals surface area (Å²) >= 11 is 11.7. The number of halogens is 2. The summed E-state index contributed by atoms with van der Waals surface area (Å²) in [6.45, 7) is 1.38. The van der Waals surface area contributed by atoms with Crippen LogP contribution in [0.4, 0.5) is 0 Å². The van der Waals surface area contributed by atoms with E-state index in [2.05, 4.69) is 5.32 Å². The Bertz CT molecular complexity index is 500. The van der Waals surface area contributed by atoms with Crippen molar-refractivity contribution < 1.29 is 14.7 Å². The summed E-state index contributed by atoms with van der Waals surface area (Å²) in [7, 11) is 0. The maximum atomic E-state index is 11.4. The molecule has 1 amide bonds. The molecule has 0 aromatic heterocycles. The van der Waals surface area contributed by atoms with E-state index in [9.17, 15) is 9.59 Å². The Kier molecular flexibility index (Phi) is 5.19. The van der Waals surface area contributed by atoms with Crippen LogP contribution in [0.5, 0.6) is 0 Å².